The fourth-order valence-electron chi connectivity index (χ4n) is 3.54. The number of carbonyl (C=O) groups is 1. The van der Waals surface area contributed by atoms with Crippen LogP contribution in [0, 0.1) is 5.92 Å². The molecule has 0 aromatic carbocycles. The number of amides is 1. The van der Waals surface area contributed by atoms with Crippen molar-refractivity contribution in [1.82, 2.24) is 10.2 Å². The Morgan fingerprint density at radius 1 is 1.16 bits per heavy atom. The quantitative estimate of drug-likeness (QED) is 0.801. The Bertz CT molecular complexity index is 268. The normalized spacial score (nSPS) is 24.6. The van der Waals surface area contributed by atoms with E-state index in [1.54, 1.807) is 0 Å². The van der Waals surface area contributed by atoms with Gasteiger partial charge in [-0.15, -0.1) is 0 Å². The molecule has 1 heterocycles. The Labute approximate surface area is 118 Å². The first kappa shape index (κ1) is 14.8. The number of rotatable bonds is 6. The van der Waals surface area contributed by atoms with Crippen molar-refractivity contribution < 1.29 is 4.79 Å². The van der Waals surface area contributed by atoms with Crippen LogP contribution in [0.2, 0.25) is 0 Å². The van der Waals surface area contributed by atoms with Gasteiger partial charge in [-0.3, -0.25) is 4.79 Å². The van der Waals surface area contributed by atoms with Crippen LogP contribution in [-0.4, -0.2) is 36.5 Å². The molecule has 3 nitrogen and oxygen atoms in total. The second-order valence-electron chi connectivity index (χ2n) is 6.34. The highest BCUT2D eigenvalue weighted by atomic mass is 16.2. The van der Waals surface area contributed by atoms with Crippen LogP contribution in [0.4, 0.5) is 0 Å². The fourth-order valence-corrected chi connectivity index (χ4v) is 3.54. The molecule has 1 N–H and O–H groups in total. The van der Waals surface area contributed by atoms with E-state index in [2.05, 4.69) is 17.1 Å². The van der Waals surface area contributed by atoms with Crippen molar-refractivity contribution in [3.05, 3.63) is 0 Å². The third-order valence-corrected chi connectivity index (χ3v) is 4.63. The Balaban J connectivity index is 1.80. The average Bonchev–Trinajstić information content (AvgIpc) is 2.92. The molecule has 1 atom stereocenters. The minimum Gasteiger partial charge on any atom is -0.342 e. The molecule has 1 aliphatic heterocycles. The zero-order valence-corrected chi connectivity index (χ0v) is 12.5. The highest BCUT2D eigenvalue weighted by Crippen LogP contribution is 2.25. The van der Waals surface area contributed by atoms with Crippen LogP contribution in [-0.2, 0) is 4.79 Å². The Kier molecular flexibility index (Phi) is 6.15. The van der Waals surface area contributed by atoms with Crippen LogP contribution in [0.3, 0.4) is 0 Å². The molecular formula is C16H30N2O. The lowest BCUT2D eigenvalue weighted by molar-refractivity contribution is -0.132. The van der Waals surface area contributed by atoms with Gasteiger partial charge in [0.15, 0.2) is 0 Å². The third kappa shape index (κ3) is 4.79. The summed E-state index contributed by atoms with van der Waals surface area (Å²) >= 11 is 0. The van der Waals surface area contributed by atoms with Crippen molar-refractivity contribution in [2.75, 3.05) is 19.6 Å². The smallest absolute Gasteiger partial charge is 0.224 e. The van der Waals surface area contributed by atoms with Gasteiger partial charge in [0.25, 0.3) is 0 Å². The van der Waals surface area contributed by atoms with Gasteiger partial charge in [0.1, 0.15) is 0 Å². The second-order valence-corrected chi connectivity index (χ2v) is 6.34. The number of hydrogen-bond acceptors (Lipinski definition) is 2. The number of nitrogens with one attached hydrogen (secondary N) is 1. The number of nitrogens with zero attached hydrogens (tertiary/aromatic N) is 1. The highest BCUT2D eigenvalue weighted by molar-refractivity contribution is 5.76. The summed E-state index contributed by atoms with van der Waals surface area (Å²) in [6, 6.07) is 0.443. The monoisotopic (exact) mass is 266 g/mol. The van der Waals surface area contributed by atoms with E-state index in [1.807, 2.05) is 0 Å². The minimum absolute atomic E-state index is 0.381. The van der Waals surface area contributed by atoms with Gasteiger partial charge in [0.2, 0.25) is 5.91 Å². The summed E-state index contributed by atoms with van der Waals surface area (Å²) in [4.78, 5) is 14.6. The lowest BCUT2D eigenvalue weighted by Gasteiger charge is -2.30. The molecule has 1 saturated heterocycles. The van der Waals surface area contributed by atoms with Crippen LogP contribution in [0.1, 0.15) is 64.7 Å². The summed E-state index contributed by atoms with van der Waals surface area (Å²) in [5, 5.41) is 3.44. The Hall–Kier alpha value is -0.570. The van der Waals surface area contributed by atoms with Crippen LogP contribution < -0.4 is 5.32 Å². The lowest BCUT2D eigenvalue weighted by Crippen LogP contribution is -2.39. The van der Waals surface area contributed by atoms with Crippen molar-refractivity contribution in [2.24, 2.45) is 5.92 Å². The summed E-state index contributed by atoms with van der Waals surface area (Å²) < 4.78 is 0. The van der Waals surface area contributed by atoms with Crippen molar-refractivity contribution in [3.63, 3.8) is 0 Å². The van der Waals surface area contributed by atoms with Gasteiger partial charge in [-0.05, 0) is 44.6 Å². The van der Waals surface area contributed by atoms with Gasteiger partial charge in [0, 0.05) is 25.6 Å². The topological polar surface area (TPSA) is 32.3 Å². The summed E-state index contributed by atoms with van der Waals surface area (Å²) in [5.74, 6) is 1.15. The van der Waals surface area contributed by atoms with Crippen LogP contribution >= 0.6 is 0 Å². The molecule has 3 heteroatoms. The molecule has 2 rings (SSSR count). The number of carbonyl (C=O) groups excluding carboxylic acids is 1. The van der Waals surface area contributed by atoms with Crippen molar-refractivity contribution in [3.8, 4) is 0 Å². The van der Waals surface area contributed by atoms with E-state index < -0.39 is 0 Å². The molecule has 1 unspecified atom stereocenters. The predicted octanol–water partition coefficient (Wildman–Crippen LogP) is 2.95. The van der Waals surface area contributed by atoms with Gasteiger partial charge in [-0.25, -0.2) is 0 Å². The molecule has 0 aromatic rings. The van der Waals surface area contributed by atoms with Crippen molar-refractivity contribution >= 4 is 5.91 Å². The van der Waals surface area contributed by atoms with Crippen LogP contribution in [0.15, 0.2) is 0 Å². The minimum atomic E-state index is 0.381. The van der Waals surface area contributed by atoms with E-state index in [0.717, 1.165) is 32.0 Å². The van der Waals surface area contributed by atoms with Gasteiger partial charge >= 0.3 is 0 Å². The first-order valence-corrected chi connectivity index (χ1v) is 8.30. The summed E-state index contributed by atoms with van der Waals surface area (Å²) in [5.41, 5.74) is 0. The zero-order chi connectivity index (χ0) is 13.5. The van der Waals surface area contributed by atoms with Gasteiger partial charge in [-0.1, -0.05) is 26.2 Å². The van der Waals surface area contributed by atoms with E-state index in [9.17, 15) is 4.79 Å². The predicted molar refractivity (Wildman–Crippen MR) is 79.1 cm³/mol. The summed E-state index contributed by atoms with van der Waals surface area (Å²) in [6.45, 7) is 5.23. The van der Waals surface area contributed by atoms with Gasteiger partial charge in [0.05, 0.1) is 0 Å². The van der Waals surface area contributed by atoms with E-state index in [1.165, 1.54) is 44.9 Å². The molecule has 1 saturated carbocycles. The molecule has 2 aliphatic rings. The van der Waals surface area contributed by atoms with E-state index in [4.69, 9.17) is 0 Å². The molecule has 1 amide bonds. The SMILES string of the molecule is CCCN(CC1CCCCC1)C(=O)CC1CCCN1. The van der Waals surface area contributed by atoms with E-state index >= 15 is 0 Å². The molecule has 0 aromatic heterocycles. The van der Waals surface area contributed by atoms with Gasteiger partial charge < -0.3 is 10.2 Å². The maximum atomic E-state index is 12.4. The number of hydrogen-bond donors (Lipinski definition) is 1. The summed E-state index contributed by atoms with van der Waals surface area (Å²) in [6.07, 6.45) is 11.0. The third-order valence-electron chi connectivity index (χ3n) is 4.63. The molecular weight excluding hydrogens is 236 g/mol. The molecule has 0 radical (unpaired) electrons. The van der Waals surface area contributed by atoms with Crippen molar-refractivity contribution in [1.29, 1.82) is 0 Å². The first-order valence-electron chi connectivity index (χ1n) is 8.30. The fraction of sp³-hybridized carbons (Fsp3) is 0.938. The average molecular weight is 266 g/mol. The molecule has 0 bridgehead atoms. The lowest BCUT2D eigenvalue weighted by atomic mass is 9.89. The Morgan fingerprint density at radius 2 is 1.95 bits per heavy atom. The van der Waals surface area contributed by atoms with Crippen LogP contribution in [0.5, 0.6) is 0 Å². The van der Waals surface area contributed by atoms with Crippen LogP contribution in [0.25, 0.3) is 0 Å². The maximum Gasteiger partial charge on any atom is 0.224 e. The van der Waals surface area contributed by atoms with E-state index in [-0.39, 0.29) is 0 Å². The maximum absolute atomic E-state index is 12.4. The molecule has 2 fully saturated rings. The Morgan fingerprint density at radius 3 is 2.58 bits per heavy atom. The molecule has 19 heavy (non-hydrogen) atoms. The van der Waals surface area contributed by atoms with Crippen molar-refractivity contribution in [2.45, 2.75) is 70.8 Å². The molecule has 1 aliphatic carbocycles. The summed E-state index contributed by atoms with van der Waals surface area (Å²) in [7, 11) is 0. The van der Waals surface area contributed by atoms with E-state index in [0.29, 0.717) is 18.4 Å². The molecule has 0 spiro atoms. The molecule has 110 valence electrons. The first-order chi connectivity index (χ1) is 9.29. The van der Waals surface area contributed by atoms with Gasteiger partial charge in [-0.2, -0.15) is 0 Å². The highest BCUT2D eigenvalue weighted by Gasteiger charge is 2.24. The standard InChI is InChI=1S/C16H30N2O/c1-2-11-18(13-14-7-4-3-5-8-14)16(19)12-15-9-6-10-17-15/h14-15,17H,2-13H2,1H3. The zero-order valence-electron chi connectivity index (χ0n) is 12.5. The largest absolute Gasteiger partial charge is 0.342 e. The second kappa shape index (κ2) is 7.88.